The highest BCUT2D eigenvalue weighted by Gasteiger charge is 2.47. The van der Waals surface area contributed by atoms with Crippen LogP contribution in [0.2, 0.25) is 0 Å². The van der Waals surface area contributed by atoms with E-state index in [4.69, 9.17) is 0 Å². The van der Waals surface area contributed by atoms with Crippen LogP contribution < -0.4 is 0 Å². The summed E-state index contributed by atoms with van der Waals surface area (Å²) in [6.45, 7) is 6.93. The number of aliphatic hydroxyl groups excluding tert-OH is 1. The van der Waals surface area contributed by atoms with E-state index in [-0.39, 0.29) is 0 Å². The summed E-state index contributed by atoms with van der Waals surface area (Å²) in [6, 6.07) is 0.883. The van der Waals surface area contributed by atoms with Crippen molar-refractivity contribution in [3.63, 3.8) is 0 Å². The van der Waals surface area contributed by atoms with Gasteiger partial charge in [0.1, 0.15) is 0 Å². The van der Waals surface area contributed by atoms with Gasteiger partial charge in [0.15, 0.2) is 0 Å². The fraction of sp³-hybridized carbons (Fsp3) is 1.00. The van der Waals surface area contributed by atoms with Gasteiger partial charge in [-0.15, -0.1) is 0 Å². The zero-order valence-electron chi connectivity index (χ0n) is 10.2. The molecule has 2 nitrogen and oxygen atoms in total. The Morgan fingerprint density at radius 1 is 1.27 bits per heavy atom. The molecule has 0 amide bonds. The van der Waals surface area contributed by atoms with Crippen molar-refractivity contribution in [2.45, 2.75) is 52.0 Å². The minimum atomic E-state index is 0.338. The Morgan fingerprint density at radius 2 is 2.00 bits per heavy atom. The molecule has 1 aliphatic heterocycles. The third-order valence-electron chi connectivity index (χ3n) is 4.35. The minimum Gasteiger partial charge on any atom is -0.396 e. The normalized spacial score (nSPS) is 36.2. The molecule has 0 aromatic carbocycles. The van der Waals surface area contributed by atoms with Gasteiger partial charge in [0.05, 0.1) is 0 Å². The van der Waals surface area contributed by atoms with Crippen molar-refractivity contribution in [3.8, 4) is 0 Å². The molecule has 2 heteroatoms. The third kappa shape index (κ3) is 2.21. The lowest BCUT2D eigenvalue weighted by molar-refractivity contribution is 0.125. The zero-order chi connectivity index (χ0) is 10.9. The number of aliphatic hydroxyl groups is 1. The van der Waals surface area contributed by atoms with Crippen LogP contribution in [0.3, 0.4) is 0 Å². The average Bonchev–Trinajstić information content (AvgIpc) is 2.75. The van der Waals surface area contributed by atoms with Crippen LogP contribution in [0.25, 0.3) is 0 Å². The fourth-order valence-corrected chi connectivity index (χ4v) is 3.19. The molecular weight excluding hydrogens is 186 g/mol. The molecule has 2 atom stereocenters. The molecule has 3 fully saturated rings. The van der Waals surface area contributed by atoms with E-state index in [1.165, 1.54) is 45.2 Å². The van der Waals surface area contributed by atoms with Crippen LogP contribution in [0.15, 0.2) is 0 Å². The van der Waals surface area contributed by atoms with Crippen molar-refractivity contribution in [3.05, 3.63) is 0 Å². The number of hydrogen-bond donors (Lipinski definition) is 1. The summed E-state index contributed by atoms with van der Waals surface area (Å²) in [6.07, 6.45) is 6.86. The molecule has 0 radical (unpaired) electrons. The van der Waals surface area contributed by atoms with Gasteiger partial charge >= 0.3 is 0 Å². The van der Waals surface area contributed by atoms with Gasteiger partial charge < -0.3 is 5.11 Å². The predicted molar refractivity (Wildman–Crippen MR) is 62.8 cm³/mol. The lowest BCUT2D eigenvalue weighted by atomic mass is 10.1. The minimum absolute atomic E-state index is 0.338. The van der Waals surface area contributed by atoms with E-state index in [2.05, 4.69) is 4.90 Å². The van der Waals surface area contributed by atoms with Gasteiger partial charge in [-0.25, -0.2) is 0 Å². The van der Waals surface area contributed by atoms with E-state index in [0.717, 1.165) is 12.0 Å². The van der Waals surface area contributed by atoms with Crippen molar-refractivity contribution in [1.82, 2.24) is 4.90 Å². The first-order valence-corrected chi connectivity index (χ1v) is 6.66. The molecule has 0 aromatic rings. The van der Waals surface area contributed by atoms with E-state index >= 15 is 0 Å². The van der Waals surface area contributed by atoms with Crippen LogP contribution in [-0.4, -0.2) is 35.7 Å². The summed E-state index contributed by atoms with van der Waals surface area (Å²) in [4.78, 5) is 2.65. The molecule has 2 bridgehead atoms. The first-order chi connectivity index (χ1) is 7.31. The van der Waals surface area contributed by atoms with Gasteiger partial charge in [-0.3, -0.25) is 4.90 Å². The quantitative estimate of drug-likeness (QED) is 0.774. The second-order valence-electron chi connectivity index (χ2n) is 5.42. The molecule has 1 N–H and O–H groups in total. The Labute approximate surface area is 93.7 Å². The van der Waals surface area contributed by atoms with Crippen molar-refractivity contribution in [2.24, 2.45) is 11.3 Å². The summed E-state index contributed by atoms with van der Waals surface area (Å²) in [5.74, 6) is 1.000. The molecular formula is C13H25NO. The largest absolute Gasteiger partial charge is 0.396 e. The smallest absolute Gasteiger partial charge is 0.0499 e. The maximum Gasteiger partial charge on any atom is 0.0499 e. The topological polar surface area (TPSA) is 23.5 Å². The van der Waals surface area contributed by atoms with Gasteiger partial charge in [-0.05, 0) is 38.0 Å². The number of fused-ring (bicyclic) bond motifs is 2. The summed E-state index contributed by atoms with van der Waals surface area (Å²) in [5.41, 5.74) is 0.338. The highest BCUT2D eigenvalue weighted by molar-refractivity contribution is 5.00. The Hall–Kier alpha value is -0.0800. The van der Waals surface area contributed by atoms with Gasteiger partial charge in [0.25, 0.3) is 0 Å². The van der Waals surface area contributed by atoms with Gasteiger partial charge in [-0.1, -0.05) is 13.8 Å². The zero-order valence-corrected chi connectivity index (χ0v) is 10.2. The molecule has 2 saturated carbocycles. The molecule has 2 aliphatic carbocycles. The summed E-state index contributed by atoms with van der Waals surface area (Å²) in [7, 11) is 0. The van der Waals surface area contributed by atoms with Crippen molar-refractivity contribution in [1.29, 1.82) is 0 Å². The van der Waals surface area contributed by atoms with Gasteiger partial charge in [-0.2, -0.15) is 0 Å². The Morgan fingerprint density at radius 3 is 2.40 bits per heavy atom. The fourth-order valence-electron chi connectivity index (χ4n) is 3.19. The number of nitrogens with zero attached hydrogens (tertiary/aromatic N) is 1. The number of rotatable bonds is 3. The molecule has 3 rings (SSSR count). The second-order valence-corrected chi connectivity index (χ2v) is 5.42. The highest BCUT2D eigenvalue weighted by atomic mass is 16.3. The van der Waals surface area contributed by atoms with Crippen molar-refractivity contribution >= 4 is 0 Å². The lowest BCUT2D eigenvalue weighted by Gasteiger charge is -2.30. The molecule has 0 unspecified atom stereocenters. The number of likely N-dealkylation sites (tertiary alicyclic amines) is 1. The van der Waals surface area contributed by atoms with Crippen LogP contribution in [0.4, 0.5) is 0 Å². The highest BCUT2D eigenvalue weighted by Crippen LogP contribution is 2.48. The molecule has 1 saturated heterocycles. The standard InChI is InChI=1S/C11H19NO.C2H6/c13-8-11(3-4-11)7-12-6-9-1-2-10(12)5-9;1-2/h9-10,13H,1-8H2;1-2H3/t9-,10+;/m1./s1. The van der Waals surface area contributed by atoms with Crippen LogP contribution >= 0.6 is 0 Å². The van der Waals surface area contributed by atoms with Crippen LogP contribution in [0.1, 0.15) is 46.0 Å². The van der Waals surface area contributed by atoms with Crippen LogP contribution in [0, 0.1) is 11.3 Å². The maximum atomic E-state index is 9.26. The van der Waals surface area contributed by atoms with Gasteiger partial charge in [0, 0.05) is 31.2 Å². The summed E-state index contributed by atoms with van der Waals surface area (Å²) < 4.78 is 0. The maximum absolute atomic E-state index is 9.26. The third-order valence-corrected chi connectivity index (χ3v) is 4.35. The predicted octanol–water partition coefficient (Wildman–Crippen LogP) is 2.27. The average molecular weight is 211 g/mol. The van der Waals surface area contributed by atoms with E-state index in [9.17, 15) is 5.11 Å². The lowest BCUT2D eigenvalue weighted by Crippen LogP contribution is -2.37. The van der Waals surface area contributed by atoms with Crippen LogP contribution in [-0.2, 0) is 0 Å². The SMILES string of the molecule is CC.OCC1(CN2C[C@@H]3CC[C@H]2C3)CC1. The van der Waals surface area contributed by atoms with Crippen molar-refractivity contribution < 1.29 is 5.11 Å². The summed E-state index contributed by atoms with van der Waals surface area (Å²) >= 11 is 0. The molecule has 15 heavy (non-hydrogen) atoms. The van der Waals surface area contributed by atoms with E-state index in [1.807, 2.05) is 13.8 Å². The monoisotopic (exact) mass is 211 g/mol. The Bertz CT molecular complexity index is 213. The molecule has 0 aromatic heterocycles. The Kier molecular flexibility index (Phi) is 3.36. The van der Waals surface area contributed by atoms with Crippen LogP contribution in [0.5, 0.6) is 0 Å². The van der Waals surface area contributed by atoms with Gasteiger partial charge in [0.2, 0.25) is 0 Å². The van der Waals surface area contributed by atoms with E-state index in [0.29, 0.717) is 12.0 Å². The second kappa shape index (κ2) is 4.42. The molecule has 0 spiro atoms. The first kappa shape index (κ1) is 11.4. The molecule has 1 heterocycles. The summed E-state index contributed by atoms with van der Waals surface area (Å²) in [5, 5.41) is 9.26. The molecule has 3 aliphatic rings. The van der Waals surface area contributed by atoms with E-state index in [1.54, 1.807) is 0 Å². The molecule has 88 valence electrons. The van der Waals surface area contributed by atoms with Crippen molar-refractivity contribution in [2.75, 3.05) is 19.7 Å². The van der Waals surface area contributed by atoms with E-state index < -0.39 is 0 Å². The number of piperidine rings is 1. The number of hydrogen-bond acceptors (Lipinski definition) is 2. The first-order valence-electron chi connectivity index (χ1n) is 6.66. The Balaban J connectivity index is 0.000000404.